The number of methoxy groups -OCH3 is 1. The Morgan fingerprint density at radius 3 is 2.65 bits per heavy atom. The lowest BCUT2D eigenvalue weighted by Crippen LogP contribution is -2.48. The molecule has 0 bridgehead atoms. The molecule has 0 unspecified atom stereocenters. The van der Waals surface area contributed by atoms with Crippen LogP contribution >= 0.6 is 0 Å². The van der Waals surface area contributed by atoms with E-state index >= 15 is 0 Å². The molecule has 2 heterocycles. The molecule has 8 nitrogen and oxygen atoms in total. The van der Waals surface area contributed by atoms with Crippen LogP contribution in [0.1, 0.15) is 10.7 Å². The molecule has 3 rings (SSSR count). The van der Waals surface area contributed by atoms with Crippen LogP contribution in [0, 0.1) is 0 Å². The lowest BCUT2D eigenvalue weighted by atomic mass is 10.2. The first kappa shape index (κ1) is 15.0. The van der Waals surface area contributed by atoms with Crippen LogP contribution in [0.25, 0.3) is 11.5 Å². The lowest BCUT2D eigenvalue weighted by Gasteiger charge is -2.31. The third-order valence-corrected chi connectivity index (χ3v) is 3.70. The number of amides is 2. The highest BCUT2D eigenvalue weighted by molar-refractivity contribution is 5.90. The number of hydrogen-bond donors (Lipinski definition) is 0. The van der Waals surface area contributed by atoms with E-state index in [1.165, 1.54) is 0 Å². The van der Waals surface area contributed by atoms with Crippen molar-refractivity contribution >= 4 is 12.3 Å². The predicted molar refractivity (Wildman–Crippen MR) is 79.8 cm³/mol. The number of benzene rings is 1. The molecule has 23 heavy (non-hydrogen) atoms. The van der Waals surface area contributed by atoms with Gasteiger partial charge in [0.1, 0.15) is 5.75 Å². The average molecular weight is 316 g/mol. The van der Waals surface area contributed by atoms with Gasteiger partial charge in [-0.15, -0.1) is 10.2 Å². The minimum Gasteiger partial charge on any atom is -0.496 e. The highest BCUT2D eigenvalue weighted by atomic mass is 16.5. The van der Waals surface area contributed by atoms with Crippen LogP contribution in [0.3, 0.4) is 0 Å². The molecule has 1 aliphatic heterocycles. The maximum atomic E-state index is 12.4. The number of nitrogens with zero attached hydrogens (tertiary/aromatic N) is 4. The van der Waals surface area contributed by atoms with Gasteiger partial charge in [0, 0.05) is 26.2 Å². The molecule has 1 saturated heterocycles. The number of para-hydroxylation sites is 1. The van der Waals surface area contributed by atoms with Gasteiger partial charge < -0.3 is 19.0 Å². The van der Waals surface area contributed by atoms with E-state index in [9.17, 15) is 9.59 Å². The van der Waals surface area contributed by atoms with Crippen LogP contribution in [-0.2, 0) is 4.79 Å². The Kier molecular flexibility index (Phi) is 4.22. The Bertz CT molecular complexity index is 707. The van der Waals surface area contributed by atoms with Crippen LogP contribution in [-0.4, -0.2) is 65.6 Å². The van der Waals surface area contributed by atoms with Crippen molar-refractivity contribution in [1.82, 2.24) is 20.0 Å². The second-order valence-corrected chi connectivity index (χ2v) is 5.05. The second kappa shape index (κ2) is 6.47. The third-order valence-electron chi connectivity index (χ3n) is 3.70. The molecule has 1 fully saturated rings. The van der Waals surface area contributed by atoms with Crippen molar-refractivity contribution in [3.8, 4) is 17.2 Å². The number of hydrogen-bond acceptors (Lipinski definition) is 6. The van der Waals surface area contributed by atoms with Crippen LogP contribution in [0.15, 0.2) is 28.7 Å². The first-order valence-electron chi connectivity index (χ1n) is 7.18. The van der Waals surface area contributed by atoms with Crippen LogP contribution in [0.5, 0.6) is 5.75 Å². The lowest BCUT2D eigenvalue weighted by molar-refractivity contribution is -0.119. The van der Waals surface area contributed by atoms with E-state index in [1.807, 2.05) is 12.1 Å². The fraction of sp³-hybridized carbons (Fsp3) is 0.333. The summed E-state index contributed by atoms with van der Waals surface area (Å²) >= 11 is 0. The molecule has 2 aromatic rings. The van der Waals surface area contributed by atoms with Crippen molar-refractivity contribution in [2.24, 2.45) is 0 Å². The van der Waals surface area contributed by atoms with Crippen molar-refractivity contribution < 1.29 is 18.7 Å². The minimum atomic E-state index is -0.329. The number of piperazine rings is 1. The van der Waals surface area contributed by atoms with Crippen LogP contribution in [0.4, 0.5) is 0 Å². The Labute approximate surface area is 132 Å². The highest BCUT2D eigenvalue weighted by Gasteiger charge is 2.26. The van der Waals surface area contributed by atoms with Crippen LogP contribution in [0.2, 0.25) is 0 Å². The van der Waals surface area contributed by atoms with Crippen molar-refractivity contribution in [2.75, 3.05) is 33.3 Å². The Morgan fingerprint density at radius 1 is 1.22 bits per heavy atom. The number of carbonyl (C=O) groups excluding carboxylic acids is 2. The molecule has 0 saturated carbocycles. The van der Waals surface area contributed by atoms with Gasteiger partial charge in [-0.2, -0.15) is 0 Å². The summed E-state index contributed by atoms with van der Waals surface area (Å²) in [4.78, 5) is 26.3. The molecule has 0 radical (unpaired) electrons. The summed E-state index contributed by atoms with van der Waals surface area (Å²) in [5.41, 5.74) is 0.632. The topological polar surface area (TPSA) is 88.8 Å². The molecule has 2 amide bonds. The molecule has 0 N–H and O–H groups in total. The van der Waals surface area contributed by atoms with E-state index in [0.29, 0.717) is 37.5 Å². The molecule has 120 valence electrons. The molecule has 0 atom stereocenters. The van der Waals surface area contributed by atoms with E-state index < -0.39 is 0 Å². The van der Waals surface area contributed by atoms with Gasteiger partial charge in [-0.25, -0.2) is 0 Å². The van der Waals surface area contributed by atoms with Crippen molar-refractivity contribution in [2.45, 2.75) is 0 Å². The zero-order valence-corrected chi connectivity index (χ0v) is 12.6. The maximum absolute atomic E-state index is 12.4. The Morgan fingerprint density at radius 2 is 1.96 bits per heavy atom. The monoisotopic (exact) mass is 316 g/mol. The van der Waals surface area contributed by atoms with E-state index in [-0.39, 0.29) is 17.7 Å². The summed E-state index contributed by atoms with van der Waals surface area (Å²) in [6, 6.07) is 7.21. The first-order valence-corrected chi connectivity index (χ1v) is 7.18. The summed E-state index contributed by atoms with van der Waals surface area (Å²) in [6.45, 7) is 1.90. The fourth-order valence-electron chi connectivity index (χ4n) is 2.41. The van der Waals surface area contributed by atoms with Gasteiger partial charge in [0.25, 0.3) is 5.89 Å². The molecular weight excluding hydrogens is 300 g/mol. The van der Waals surface area contributed by atoms with Gasteiger partial charge in [-0.05, 0) is 12.1 Å². The summed E-state index contributed by atoms with van der Waals surface area (Å²) in [6.07, 6.45) is 0.786. The Hall–Kier alpha value is -2.90. The maximum Gasteiger partial charge on any atom is 0.311 e. The summed E-state index contributed by atoms with van der Waals surface area (Å²) < 4.78 is 10.8. The third kappa shape index (κ3) is 3.01. The number of rotatable bonds is 4. The molecular formula is C15H16N4O4. The van der Waals surface area contributed by atoms with Crippen LogP contribution < -0.4 is 4.74 Å². The summed E-state index contributed by atoms with van der Waals surface area (Å²) in [7, 11) is 1.55. The fourth-order valence-corrected chi connectivity index (χ4v) is 2.41. The molecule has 1 aromatic carbocycles. The van der Waals surface area contributed by atoms with Gasteiger partial charge >= 0.3 is 11.8 Å². The second-order valence-electron chi connectivity index (χ2n) is 5.05. The standard InChI is InChI=1S/C15H16N4O4/c1-22-12-5-3-2-4-11(12)13-16-17-14(23-13)15(21)19-8-6-18(10-20)7-9-19/h2-5,10H,6-9H2,1H3. The number of aromatic nitrogens is 2. The van der Waals surface area contributed by atoms with Crippen molar-refractivity contribution in [1.29, 1.82) is 0 Å². The highest BCUT2D eigenvalue weighted by Crippen LogP contribution is 2.28. The quantitative estimate of drug-likeness (QED) is 0.770. The van der Waals surface area contributed by atoms with E-state index in [1.54, 1.807) is 29.0 Å². The van der Waals surface area contributed by atoms with E-state index in [0.717, 1.165) is 6.41 Å². The minimum absolute atomic E-state index is 0.0644. The molecule has 1 aromatic heterocycles. The van der Waals surface area contributed by atoms with Gasteiger partial charge in [0.05, 0.1) is 12.7 Å². The zero-order valence-electron chi connectivity index (χ0n) is 12.6. The van der Waals surface area contributed by atoms with Gasteiger partial charge in [0.15, 0.2) is 0 Å². The summed E-state index contributed by atoms with van der Waals surface area (Å²) in [5.74, 6) is 0.432. The largest absolute Gasteiger partial charge is 0.496 e. The zero-order chi connectivity index (χ0) is 16.2. The first-order chi connectivity index (χ1) is 11.2. The van der Waals surface area contributed by atoms with Crippen molar-refractivity contribution in [3.63, 3.8) is 0 Å². The van der Waals surface area contributed by atoms with E-state index in [4.69, 9.17) is 9.15 Å². The van der Waals surface area contributed by atoms with E-state index in [2.05, 4.69) is 10.2 Å². The summed E-state index contributed by atoms with van der Waals surface area (Å²) in [5, 5.41) is 7.77. The van der Waals surface area contributed by atoms with Gasteiger partial charge in [-0.1, -0.05) is 12.1 Å². The SMILES string of the molecule is COc1ccccc1-c1nnc(C(=O)N2CCN(C=O)CC2)o1. The molecule has 1 aliphatic rings. The predicted octanol–water partition coefficient (Wildman–Crippen LogP) is 0.659. The number of carbonyl (C=O) groups is 2. The molecule has 0 aliphatic carbocycles. The van der Waals surface area contributed by atoms with Gasteiger partial charge in [-0.3, -0.25) is 9.59 Å². The van der Waals surface area contributed by atoms with Gasteiger partial charge in [0.2, 0.25) is 6.41 Å². The molecule has 8 heteroatoms. The van der Waals surface area contributed by atoms with Crippen molar-refractivity contribution in [3.05, 3.63) is 30.2 Å². The Balaban J connectivity index is 1.77. The number of ether oxygens (including phenoxy) is 1. The average Bonchev–Trinajstić information content (AvgIpc) is 3.11. The molecule has 0 spiro atoms. The normalized spacial score (nSPS) is 14.7. The smallest absolute Gasteiger partial charge is 0.311 e.